The number of aryl methyl sites for hydroxylation is 1. The summed E-state index contributed by atoms with van der Waals surface area (Å²) in [4.78, 5) is 16.0. The van der Waals surface area contributed by atoms with Crippen molar-refractivity contribution >= 4 is 40.1 Å². The largest absolute Gasteiger partial charge is 0.345 e. The second-order valence-electron chi connectivity index (χ2n) is 3.77. The molecule has 1 aromatic carbocycles. The maximum absolute atomic E-state index is 11.9. The van der Waals surface area contributed by atoms with E-state index in [1.165, 1.54) is 0 Å². The summed E-state index contributed by atoms with van der Waals surface area (Å²) < 4.78 is 2.79. The van der Waals surface area contributed by atoms with Gasteiger partial charge in [-0.05, 0) is 40.8 Å². The number of hydrogen-bond donors (Lipinski definition) is 1. The van der Waals surface area contributed by atoms with E-state index >= 15 is 0 Å². The molecule has 4 nitrogen and oxygen atoms in total. The van der Waals surface area contributed by atoms with Crippen molar-refractivity contribution in [1.82, 2.24) is 14.9 Å². The zero-order valence-corrected chi connectivity index (χ0v) is 12.6. The molecule has 0 aliphatic heterocycles. The first-order valence-corrected chi connectivity index (χ1v) is 6.73. The van der Waals surface area contributed by atoms with E-state index in [4.69, 9.17) is 11.6 Å². The van der Waals surface area contributed by atoms with E-state index in [0.717, 1.165) is 9.39 Å². The van der Waals surface area contributed by atoms with E-state index in [0.29, 0.717) is 17.1 Å². The number of rotatable bonds is 3. The summed E-state index contributed by atoms with van der Waals surface area (Å²) in [6.45, 7) is 0.395. The van der Waals surface area contributed by atoms with Gasteiger partial charge in [-0.25, -0.2) is 4.98 Å². The van der Waals surface area contributed by atoms with Crippen LogP contribution < -0.4 is 5.32 Å². The zero-order chi connectivity index (χ0) is 13.1. The first-order chi connectivity index (χ1) is 8.58. The van der Waals surface area contributed by atoms with Crippen molar-refractivity contribution in [3.8, 4) is 0 Å². The van der Waals surface area contributed by atoms with Crippen LogP contribution in [0.2, 0.25) is 5.02 Å². The van der Waals surface area contributed by atoms with Gasteiger partial charge in [0, 0.05) is 28.6 Å². The van der Waals surface area contributed by atoms with Crippen LogP contribution in [0.1, 0.15) is 16.2 Å². The first-order valence-electron chi connectivity index (χ1n) is 5.27. The predicted octanol–water partition coefficient (Wildman–Crippen LogP) is 2.61. The third-order valence-corrected chi connectivity index (χ3v) is 4.08. The third kappa shape index (κ3) is 3.02. The Balaban J connectivity index is 2.04. The van der Waals surface area contributed by atoms with Gasteiger partial charge in [-0.2, -0.15) is 0 Å². The molecular formula is C12H11ClIN3O. The molecule has 0 aliphatic rings. The highest BCUT2D eigenvalue weighted by atomic mass is 127. The Morgan fingerprint density at radius 2 is 2.33 bits per heavy atom. The molecule has 0 bridgehead atoms. The average molecular weight is 376 g/mol. The Labute approximate surface area is 123 Å². The lowest BCUT2D eigenvalue weighted by atomic mass is 10.2. The van der Waals surface area contributed by atoms with E-state index in [1.54, 1.807) is 18.3 Å². The summed E-state index contributed by atoms with van der Waals surface area (Å²) >= 11 is 8.10. The number of carbonyl (C=O) groups is 1. The standard InChI is InChI=1S/C12H11ClIN3O/c1-17-5-4-15-11(17)7-16-12(18)8-2-3-10(14)9(13)6-8/h2-6H,7H2,1H3,(H,16,18). The van der Waals surface area contributed by atoms with Gasteiger partial charge in [0.25, 0.3) is 5.91 Å². The molecule has 18 heavy (non-hydrogen) atoms. The van der Waals surface area contributed by atoms with Crippen LogP contribution in [0.15, 0.2) is 30.6 Å². The van der Waals surface area contributed by atoms with E-state index in [1.807, 2.05) is 23.9 Å². The van der Waals surface area contributed by atoms with Gasteiger partial charge in [-0.15, -0.1) is 0 Å². The van der Waals surface area contributed by atoms with E-state index in [-0.39, 0.29) is 5.91 Å². The SMILES string of the molecule is Cn1ccnc1CNC(=O)c1ccc(I)c(Cl)c1. The van der Waals surface area contributed by atoms with Gasteiger partial charge < -0.3 is 9.88 Å². The highest BCUT2D eigenvalue weighted by molar-refractivity contribution is 14.1. The Morgan fingerprint density at radius 3 is 2.94 bits per heavy atom. The molecule has 0 spiro atoms. The molecule has 1 aromatic heterocycles. The predicted molar refractivity (Wildman–Crippen MR) is 78.5 cm³/mol. The second-order valence-corrected chi connectivity index (χ2v) is 5.34. The van der Waals surface area contributed by atoms with Crippen molar-refractivity contribution in [3.05, 3.63) is 50.6 Å². The summed E-state index contributed by atoms with van der Waals surface area (Å²) in [5.74, 6) is 0.649. The van der Waals surface area contributed by atoms with Crippen molar-refractivity contribution in [2.75, 3.05) is 0 Å². The van der Waals surface area contributed by atoms with E-state index in [2.05, 4.69) is 32.9 Å². The van der Waals surface area contributed by atoms with Crippen molar-refractivity contribution in [2.24, 2.45) is 7.05 Å². The molecule has 0 fully saturated rings. The van der Waals surface area contributed by atoms with Gasteiger partial charge in [0.05, 0.1) is 11.6 Å². The number of halogens is 2. The molecule has 6 heteroatoms. The number of imidazole rings is 1. The minimum absolute atomic E-state index is 0.156. The minimum atomic E-state index is -0.156. The van der Waals surface area contributed by atoms with Gasteiger partial charge in [-0.1, -0.05) is 11.6 Å². The summed E-state index contributed by atoms with van der Waals surface area (Å²) in [6.07, 6.45) is 3.53. The zero-order valence-electron chi connectivity index (χ0n) is 9.65. The van der Waals surface area contributed by atoms with Crippen molar-refractivity contribution in [3.63, 3.8) is 0 Å². The van der Waals surface area contributed by atoms with Gasteiger partial charge in [0.2, 0.25) is 0 Å². The molecule has 94 valence electrons. The molecule has 0 saturated carbocycles. The van der Waals surface area contributed by atoms with Crippen molar-refractivity contribution in [1.29, 1.82) is 0 Å². The molecule has 2 aromatic rings. The fourth-order valence-electron chi connectivity index (χ4n) is 1.47. The fourth-order valence-corrected chi connectivity index (χ4v) is 1.98. The average Bonchev–Trinajstić information content (AvgIpc) is 2.75. The van der Waals surface area contributed by atoms with Gasteiger partial charge in [-0.3, -0.25) is 4.79 Å². The number of nitrogens with zero attached hydrogens (tertiary/aromatic N) is 2. The van der Waals surface area contributed by atoms with Crippen LogP contribution in [0.25, 0.3) is 0 Å². The van der Waals surface area contributed by atoms with Gasteiger partial charge in [0.15, 0.2) is 0 Å². The van der Waals surface area contributed by atoms with Crippen LogP contribution in [-0.4, -0.2) is 15.5 Å². The summed E-state index contributed by atoms with van der Waals surface area (Å²) in [7, 11) is 1.89. The highest BCUT2D eigenvalue weighted by Crippen LogP contribution is 2.19. The number of carbonyl (C=O) groups excluding carboxylic acids is 1. The highest BCUT2D eigenvalue weighted by Gasteiger charge is 2.08. The number of aromatic nitrogens is 2. The lowest BCUT2D eigenvalue weighted by molar-refractivity contribution is 0.0949. The summed E-state index contributed by atoms with van der Waals surface area (Å²) in [6, 6.07) is 5.23. The van der Waals surface area contributed by atoms with E-state index in [9.17, 15) is 4.79 Å². The quantitative estimate of drug-likeness (QED) is 0.838. The molecule has 2 rings (SSSR count). The Morgan fingerprint density at radius 1 is 1.56 bits per heavy atom. The number of amides is 1. The minimum Gasteiger partial charge on any atom is -0.345 e. The van der Waals surface area contributed by atoms with Crippen molar-refractivity contribution in [2.45, 2.75) is 6.54 Å². The number of hydrogen-bond acceptors (Lipinski definition) is 2. The van der Waals surface area contributed by atoms with Crippen LogP contribution in [-0.2, 0) is 13.6 Å². The number of nitrogens with one attached hydrogen (secondary N) is 1. The Kier molecular flexibility index (Phi) is 4.23. The van der Waals surface area contributed by atoms with Crippen LogP contribution >= 0.6 is 34.2 Å². The van der Waals surface area contributed by atoms with Crippen LogP contribution in [0.3, 0.4) is 0 Å². The maximum Gasteiger partial charge on any atom is 0.251 e. The molecule has 1 N–H and O–H groups in total. The van der Waals surface area contributed by atoms with Crippen LogP contribution in [0.5, 0.6) is 0 Å². The molecule has 1 amide bonds. The van der Waals surface area contributed by atoms with E-state index < -0.39 is 0 Å². The molecule has 0 radical (unpaired) electrons. The van der Waals surface area contributed by atoms with Crippen LogP contribution in [0.4, 0.5) is 0 Å². The van der Waals surface area contributed by atoms with Gasteiger partial charge in [0.1, 0.15) is 5.82 Å². The molecule has 0 saturated heterocycles. The lowest BCUT2D eigenvalue weighted by Gasteiger charge is -2.06. The monoisotopic (exact) mass is 375 g/mol. The number of benzene rings is 1. The smallest absolute Gasteiger partial charge is 0.251 e. The Hall–Kier alpha value is -1.08. The molecule has 0 aliphatic carbocycles. The molecule has 0 unspecified atom stereocenters. The topological polar surface area (TPSA) is 46.9 Å². The fraction of sp³-hybridized carbons (Fsp3) is 0.167. The molecule has 1 heterocycles. The third-order valence-electron chi connectivity index (χ3n) is 2.51. The first kappa shape index (κ1) is 13.4. The second kappa shape index (κ2) is 5.71. The van der Waals surface area contributed by atoms with Gasteiger partial charge >= 0.3 is 0 Å². The van der Waals surface area contributed by atoms with Crippen LogP contribution in [0, 0.1) is 3.57 Å². The molecular weight excluding hydrogens is 365 g/mol. The summed E-state index contributed by atoms with van der Waals surface area (Å²) in [5.41, 5.74) is 0.551. The summed E-state index contributed by atoms with van der Waals surface area (Å²) in [5, 5.41) is 3.39. The maximum atomic E-state index is 11.9. The Bertz CT molecular complexity index is 582. The van der Waals surface area contributed by atoms with Crippen molar-refractivity contribution < 1.29 is 4.79 Å². The molecule has 0 atom stereocenters. The normalized spacial score (nSPS) is 10.4. The lowest BCUT2D eigenvalue weighted by Crippen LogP contribution is -2.24.